The molecule has 21 heavy (non-hydrogen) atoms. The molecule has 0 radical (unpaired) electrons. The minimum Gasteiger partial charge on any atom is -0.444 e. The number of alkyl carbamates (subject to hydrolysis) is 1. The number of hydrogen-bond acceptors (Lipinski definition) is 4. The van der Waals surface area contributed by atoms with Crippen molar-refractivity contribution in [1.29, 1.82) is 0 Å². The Morgan fingerprint density at radius 3 is 2.52 bits per heavy atom. The molecule has 0 heterocycles. The van der Waals surface area contributed by atoms with E-state index in [1.54, 1.807) is 45.9 Å². The average molecular weight is 316 g/mol. The van der Waals surface area contributed by atoms with Gasteiger partial charge in [0.1, 0.15) is 17.8 Å². The van der Waals surface area contributed by atoms with Crippen LogP contribution in [0.4, 0.5) is 4.79 Å². The number of carbonyl (C=O) groups excluding carboxylic acids is 1. The van der Waals surface area contributed by atoms with Crippen LogP contribution < -0.4 is 5.32 Å². The van der Waals surface area contributed by atoms with Crippen LogP contribution in [0.15, 0.2) is 18.2 Å². The molecule has 0 bridgehead atoms. The van der Waals surface area contributed by atoms with Gasteiger partial charge in [-0.05, 0) is 39.3 Å². The minimum atomic E-state index is -1.19. The van der Waals surface area contributed by atoms with Crippen molar-refractivity contribution in [3.05, 3.63) is 34.3 Å². The van der Waals surface area contributed by atoms with Gasteiger partial charge in [-0.25, -0.2) is 4.79 Å². The molecule has 0 saturated heterocycles. The number of ether oxygens (including phenoxy) is 1. The van der Waals surface area contributed by atoms with Crippen molar-refractivity contribution in [3.63, 3.8) is 0 Å². The molecule has 2 unspecified atom stereocenters. The number of aryl methyl sites for hydroxylation is 1. The van der Waals surface area contributed by atoms with E-state index < -0.39 is 23.9 Å². The maximum atomic E-state index is 11.5. The molecule has 2 atom stereocenters. The standard InChI is InChI=1S/C15H22ClNO4/c1-9-6-5-7-10(16)12(9)13(19)11(18)8-17-14(20)21-15(2,3)4/h5-7,11,13,18-19H,8H2,1-4H3,(H,17,20). The highest BCUT2D eigenvalue weighted by atomic mass is 35.5. The molecule has 1 amide bonds. The van der Waals surface area contributed by atoms with E-state index in [2.05, 4.69) is 5.32 Å². The third-order valence-corrected chi connectivity index (χ3v) is 3.12. The van der Waals surface area contributed by atoms with Crippen LogP contribution in [-0.2, 0) is 4.74 Å². The van der Waals surface area contributed by atoms with E-state index in [4.69, 9.17) is 16.3 Å². The molecule has 118 valence electrons. The highest BCUT2D eigenvalue weighted by molar-refractivity contribution is 6.31. The first-order valence-corrected chi connectivity index (χ1v) is 7.07. The Hall–Kier alpha value is -1.30. The summed E-state index contributed by atoms with van der Waals surface area (Å²) in [5.74, 6) is 0. The van der Waals surface area contributed by atoms with Crippen molar-refractivity contribution in [1.82, 2.24) is 5.32 Å². The zero-order chi connectivity index (χ0) is 16.2. The van der Waals surface area contributed by atoms with E-state index in [0.717, 1.165) is 5.56 Å². The van der Waals surface area contributed by atoms with E-state index >= 15 is 0 Å². The minimum absolute atomic E-state index is 0.138. The van der Waals surface area contributed by atoms with Gasteiger partial charge in [0.25, 0.3) is 0 Å². The Kier molecular flexibility index (Phi) is 6.01. The van der Waals surface area contributed by atoms with Gasteiger partial charge in [-0.15, -0.1) is 0 Å². The molecule has 0 aliphatic rings. The molecular weight excluding hydrogens is 294 g/mol. The van der Waals surface area contributed by atoms with Crippen LogP contribution in [0.5, 0.6) is 0 Å². The normalized spacial score (nSPS) is 14.4. The summed E-state index contributed by atoms with van der Waals surface area (Å²) >= 11 is 6.04. The Morgan fingerprint density at radius 1 is 1.38 bits per heavy atom. The molecule has 5 nitrogen and oxygen atoms in total. The average Bonchev–Trinajstić information content (AvgIpc) is 2.33. The summed E-state index contributed by atoms with van der Waals surface area (Å²) in [4.78, 5) is 11.5. The Labute approximate surface area is 129 Å². The number of amides is 1. The Balaban J connectivity index is 2.63. The van der Waals surface area contributed by atoms with Crippen LogP contribution in [0.25, 0.3) is 0 Å². The van der Waals surface area contributed by atoms with E-state index in [1.165, 1.54) is 0 Å². The first-order chi connectivity index (χ1) is 9.61. The molecular formula is C15H22ClNO4. The van der Waals surface area contributed by atoms with E-state index in [-0.39, 0.29) is 6.54 Å². The van der Waals surface area contributed by atoms with Gasteiger partial charge >= 0.3 is 6.09 Å². The summed E-state index contributed by atoms with van der Waals surface area (Å²) in [6, 6.07) is 5.19. The third kappa shape index (κ3) is 5.53. The first-order valence-electron chi connectivity index (χ1n) is 6.70. The van der Waals surface area contributed by atoms with Gasteiger partial charge in [-0.3, -0.25) is 0 Å². The second-order valence-electron chi connectivity index (χ2n) is 5.87. The molecule has 6 heteroatoms. The number of rotatable bonds is 4. The largest absolute Gasteiger partial charge is 0.444 e. The quantitative estimate of drug-likeness (QED) is 0.798. The van der Waals surface area contributed by atoms with Crippen molar-refractivity contribution in [3.8, 4) is 0 Å². The lowest BCUT2D eigenvalue weighted by molar-refractivity contribution is 0.0127. The number of halogens is 1. The summed E-state index contributed by atoms with van der Waals surface area (Å²) in [5, 5.41) is 22.9. The zero-order valence-corrected chi connectivity index (χ0v) is 13.4. The Morgan fingerprint density at radius 2 is 2.00 bits per heavy atom. The Bertz CT molecular complexity index is 479. The monoisotopic (exact) mass is 315 g/mol. The van der Waals surface area contributed by atoms with Crippen molar-refractivity contribution in [2.75, 3.05) is 6.54 Å². The van der Waals surface area contributed by atoms with Gasteiger partial charge in [0.15, 0.2) is 0 Å². The van der Waals surface area contributed by atoms with Crippen LogP contribution >= 0.6 is 11.6 Å². The molecule has 0 aliphatic carbocycles. The smallest absolute Gasteiger partial charge is 0.407 e. The van der Waals surface area contributed by atoms with Gasteiger partial charge in [0.2, 0.25) is 0 Å². The highest BCUT2D eigenvalue weighted by Gasteiger charge is 2.24. The molecule has 0 saturated carbocycles. The predicted molar refractivity (Wildman–Crippen MR) is 81.4 cm³/mol. The van der Waals surface area contributed by atoms with Gasteiger partial charge in [-0.1, -0.05) is 23.7 Å². The maximum Gasteiger partial charge on any atom is 0.407 e. The van der Waals surface area contributed by atoms with Gasteiger partial charge in [0.05, 0.1) is 0 Å². The van der Waals surface area contributed by atoms with Crippen LogP contribution in [0.1, 0.15) is 38.0 Å². The second-order valence-corrected chi connectivity index (χ2v) is 6.27. The van der Waals surface area contributed by atoms with Crippen LogP contribution in [0.2, 0.25) is 5.02 Å². The lowest BCUT2D eigenvalue weighted by Crippen LogP contribution is -2.39. The summed E-state index contributed by atoms with van der Waals surface area (Å²) < 4.78 is 5.05. The van der Waals surface area contributed by atoms with Crippen molar-refractivity contribution in [2.24, 2.45) is 0 Å². The molecule has 1 aromatic carbocycles. The summed E-state index contributed by atoms with van der Waals surface area (Å²) in [5.41, 5.74) is 0.608. The van der Waals surface area contributed by atoms with Gasteiger partial charge in [0, 0.05) is 17.1 Å². The van der Waals surface area contributed by atoms with E-state index in [0.29, 0.717) is 10.6 Å². The molecule has 1 aromatic rings. The lowest BCUT2D eigenvalue weighted by atomic mass is 9.99. The maximum absolute atomic E-state index is 11.5. The van der Waals surface area contributed by atoms with E-state index in [9.17, 15) is 15.0 Å². The van der Waals surface area contributed by atoms with Crippen LogP contribution in [-0.4, -0.2) is 34.6 Å². The molecule has 3 N–H and O–H groups in total. The summed E-state index contributed by atoms with van der Waals surface area (Å²) in [6.07, 6.45) is -3.02. The second kappa shape index (κ2) is 7.11. The fourth-order valence-corrected chi connectivity index (χ4v) is 2.16. The zero-order valence-electron chi connectivity index (χ0n) is 12.7. The molecule has 0 fully saturated rings. The van der Waals surface area contributed by atoms with Crippen LogP contribution in [0, 0.1) is 6.92 Å². The molecule has 0 aliphatic heterocycles. The SMILES string of the molecule is Cc1cccc(Cl)c1C(O)C(O)CNC(=O)OC(C)(C)C. The van der Waals surface area contributed by atoms with Gasteiger partial charge in [-0.2, -0.15) is 0 Å². The lowest BCUT2D eigenvalue weighted by Gasteiger charge is -2.23. The molecule has 1 rings (SSSR count). The van der Waals surface area contributed by atoms with E-state index in [1.807, 2.05) is 0 Å². The summed E-state index contributed by atoms with van der Waals surface area (Å²) in [7, 11) is 0. The fraction of sp³-hybridized carbons (Fsp3) is 0.533. The predicted octanol–water partition coefficient (Wildman–Crippen LogP) is 2.57. The van der Waals surface area contributed by atoms with Crippen LogP contribution in [0.3, 0.4) is 0 Å². The van der Waals surface area contributed by atoms with Crippen molar-refractivity contribution in [2.45, 2.75) is 45.5 Å². The number of benzene rings is 1. The summed E-state index contributed by atoms with van der Waals surface area (Å²) in [6.45, 7) is 6.88. The fourth-order valence-electron chi connectivity index (χ4n) is 1.83. The molecule has 0 aromatic heterocycles. The number of hydrogen-bond donors (Lipinski definition) is 3. The highest BCUT2D eigenvalue weighted by Crippen LogP contribution is 2.28. The number of nitrogens with one attached hydrogen (secondary N) is 1. The number of aliphatic hydroxyl groups is 2. The van der Waals surface area contributed by atoms with Gasteiger partial charge < -0.3 is 20.3 Å². The third-order valence-electron chi connectivity index (χ3n) is 2.79. The number of carbonyl (C=O) groups is 1. The first kappa shape index (κ1) is 17.8. The van der Waals surface area contributed by atoms with Crippen molar-refractivity contribution >= 4 is 17.7 Å². The number of aliphatic hydroxyl groups excluding tert-OH is 2. The topological polar surface area (TPSA) is 78.8 Å². The molecule has 0 spiro atoms. The van der Waals surface area contributed by atoms with Crippen molar-refractivity contribution < 1.29 is 19.7 Å².